The zero-order valence-electron chi connectivity index (χ0n) is 8.73. The van der Waals surface area contributed by atoms with Crippen LogP contribution in [-0.4, -0.2) is 22.7 Å². The molecule has 1 atom stereocenters. The summed E-state index contributed by atoms with van der Waals surface area (Å²) in [4.78, 5) is 4.47. The van der Waals surface area contributed by atoms with Gasteiger partial charge in [-0.3, -0.25) is 0 Å². The van der Waals surface area contributed by atoms with E-state index >= 15 is 0 Å². The Balaban J connectivity index is 2.50. The van der Waals surface area contributed by atoms with Gasteiger partial charge in [-0.25, -0.2) is 4.98 Å². The monoisotopic (exact) mass is 214 g/mol. The Morgan fingerprint density at radius 2 is 2.21 bits per heavy atom. The van der Waals surface area contributed by atoms with Crippen molar-refractivity contribution in [3.63, 3.8) is 0 Å². The normalized spacial score (nSPS) is 13.5. The van der Waals surface area contributed by atoms with Crippen molar-refractivity contribution in [3.05, 3.63) is 16.1 Å². The first kappa shape index (κ1) is 11.6. The maximum absolute atomic E-state index is 8.80. The molecule has 0 amide bonds. The molecule has 0 bridgehead atoms. The average molecular weight is 214 g/mol. The van der Waals surface area contributed by atoms with Gasteiger partial charge in [-0.2, -0.15) is 0 Å². The zero-order chi connectivity index (χ0) is 10.6. The molecule has 1 unspecified atom stereocenters. The summed E-state index contributed by atoms with van der Waals surface area (Å²) in [5.41, 5.74) is 6.78. The Bertz CT molecular complexity index is 273. The number of aliphatic hydroxyl groups excluding tert-OH is 1. The smallest absolute Gasteiger partial charge is 0.0944 e. The van der Waals surface area contributed by atoms with Gasteiger partial charge in [0.1, 0.15) is 0 Å². The van der Waals surface area contributed by atoms with E-state index in [9.17, 15) is 0 Å². The minimum atomic E-state index is -0.173. The van der Waals surface area contributed by atoms with Crippen LogP contribution in [0.3, 0.4) is 0 Å². The molecule has 1 heterocycles. The SMILES string of the molecule is CC(C)Cc1csc(CC(N)CO)n1. The molecule has 1 aromatic rings. The highest BCUT2D eigenvalue weighted by atomic mass is 32.1. The van der Waals surface area contributed by atoms with E-state index in [-0.39, 0.29) is 12.6 Å². The van der Waals surface area contributed by atoms with Gasteiger partial charge >= 0.3 is 0 Å². The topological polar surface area (TPSA) is 59.1 Å². The summed E-state index contributed by atoms with van der Waals surface area (Å²) in [6.07, 6.45) is 1.70. The number of hydrogen-bond donors (Lipinski definition) is 2. The Labute approximate surface area is 89.0 Å². The molecule has 3 nitrogen and oxygen atoms in total. The van der Waals surface area contributed by atoms with Crippen molar-refractivity contribution >= 4 is 11.3 Å². The molecule has 1 aromatic heterocycles. The van der Waals surface area contributed by atoms with E-state index in [2.05, 4.69) is 24.2 Å². The Hall–Kier alpha value is -0.450. The van der Waals surface area contributed by atoms with Crippen molar-refractivity contribution < 1.29 is 5.11 Å². The summed E-state index contributed by atoms with van der Waals surface area (Å²) in [5, 5.41) is 11.9. The van der Waals surface area contributed by atoms with Crippen LogP contribution in [0.5, 0.6) is 0 Å². The van der Waals surface area contributed by atoms with Gasteiger partial charge in [0.2, 0.25) is 0 Å². The molecular weight excluding hydrogens is 196 g/mol. The zero-order valence-corrected chi connectivity index (χ0v) is 9.55. The largest absolute Gasteiger partial charge is 0.395 e. The maximum Gasteiger partial charge on any atom is 0.0944 e. The fourth-order valence-corrected chi connectivity index (χ4v) is 2.14. The van der Waals surface area contributed by atoms with E-state index in [1.807, 2.05) is 0 Å². The number of nitrogens with two attached hydrogens (primary N) is 1. The number of nitrogens with zero attached hydrogens (tertiary/aromatic N) is 1. The average Bonchev–Trinajstić information content (AvgIpc) is 2.51. The number of hydrogen-bond acceptors (Lipinski definition) is 4. The molecule has 0 aliphatic rings. The third-order valence-corrected chi connectivity index (χ3v) is 2.81. The third-order valence-electron chi connectivity index (χ3n) is 1.89. The molecule has 4 heteroatoms. The lowest BCUT2D eigenvalue weighted by Gasteiger charge is -2.04. The lowest BCUT2D eigenvalue weighted by molar-refractivity contribution is 0.265. The lowest BCUT2D eigenvalue weighted by atomic mass is 10.1. The van der Waals surface area contributed by atoms with Crippen molar-refractivity contribution in [2.24, 2.45) is 11.7 Å². The molecule has 0 spiro atoms. The standard InChI is InChI=1S/C10H18N2OS/c1-7(2)3-9-6-14-10(12-9)4-8(11)5-13/h6-8,13H,3-5,11H2,1-2H3. The van der Waals surface area contributed by atoms with E-state index in [1.54, 1.807) is 11.3 Å². The highest BCUT2D eigenvalue weighted by Crippen LogP contribution is 2.14. The predicted molar refractivity (Wildman–Crippen MR) is 59.4 cm³/mol. The van der Waals surface area contributed by atoms with Crippen LogP contribution in [0, 0.1) is 5.92 Å². The fourth-order valence-electron chi connectivity index (χ4n) is 1.24. The van der Waals surface area contributed by atoms with Crippen LogP contribution in [0.25, 0.3) is 0 Å². The lowest BCUT2D eigenvalue weighted by Crippen LogP contribution is -2.26. The molecule has 80 valence electrons. The first-order chi connectivity index (χ1) is 6.61. The molecule has 0 saturated carbocycles. The van der Waals surface area contributed by atoms with E-state index in [0.717, 1.165) is 17.1 Å². The summed E-state index contributed by atoms with van der Waals surface area (Å²) in [5.74, 6) is 0.636. The molecule has 1 rings (SSSR count). The second-order valence-corrected chi connectivity index (χ2v) is 4.92. The molecule has 14 heavy (non-hydrogen) atoms. The van der Waals surface area contributed by atoms with Crippen LogP contribution in [0.2, 0.25) is 0 Å². The van der Waals surface area contributed by atoms with Crippen molar-refractivity contribution in [2.45, 2.75) is 32.7 Å². The van der Waals surface area contributed by atoms with Crippen LogP contribution >= 0.6 is 11.3 Å². The first-order valence-corrected chi connectivity index (χ1v) is 5.79. The molecule has 0 aliphatic heterocycles. The molecular formula is C10H18N2OS. The van der Waals surface area contributed by atoms with Crippen LogP contribution in [-0.2, 0) is 12.8 Å². The molecule has 0 saturated heterocycles. The molecule has 0 aliphatic carbocycles. The number of thiazole rings is 1. The van der Waals surface area contributed by atoms with Crippen molar-refractivity contribution in [1.82, 2.24) is 4.98 Å². The summed E-state index contributed by atoms with van der Waals surface area (Å²) >= 11 is 1.63. The Morgan fingerprint density at radius 1 is 1.50 bits per heavy atom. The maximum atomic E-state index is 8.80. The van der Waals surface area contributed by atoms with Gasteiger partial charge in [0.05, 0.1) is 17.3 Å². The van der Waals surface area contributed by atoms with Gasteiger partial charge < -0.3 is 10.8 Å². The molecule has 3 N–H and O–H groups in total. The molecule has 0 fully saturated rings. The van der Waals surface area contributed by atoms with Crippen molar-refractivity contribution in [2.75, 3.05) is 6.61 Å². The fraction of sp³-hybridized carbons (Fsp3) is 0.700. The summed E-state index contributed by atoms with van der Waals surface area (Å²) in [6.45, 7) is 4.38. The van der Waals surface area contributed by atoms with Crippen LogP contribution < -0.4 is 5.73 Å². The van der Waals surface area contributed by atoms with Gasteiger partial charge in [-0.15, -0.1) is 11.3 Å². The van der Waals surface area contributed by atoms with E-state index in [0.29, 0.717) is 12.3 Å². The van der Waals surface area contributed by atoms with E-state index in [1.165, 1.54) is 0 Å². The molecule has 0 aromatic carbocycles. The Kier molecular flexibility index (Phi) is 4.51. The quantitative estimate of drug-likeness (QED) is 0.774. The number of rotatable bonds is 5. The van der Waals surface area contributed by atoms with Gasteiger partial charge in [0.15, 0.2) is 0 Å². The van der Waals surface area contributed by atoms with Gasteiger partial charge in [-0.05, 0) is 12.3 Å². The van der Waals surface area contributed by atoms with Gasteiger partial charge in [-0.1, -0.05) is 13.8 Å². The highest BCUT2D eigenvalue weighted by molar-refractivity contribution is 7.09. The minimum absolute atomic E-state index is 0.0269. The first-order valence-electron chi connectivity index (χ1n) is 4.91. The second kappa shape index (κ2) is 5.44. The molecule has 0 radical (unpaired) electrons. The predicted octanol–water partition coefficient (Wildman–Crippen LogP) is 1.20. The van der Waals surface area contributed by atoms with E-state index in [4.69, 9.17) is 10.8 Å². The van der Waals surface area contributed by atoms with Crippen LogP contribution in [0.4, 0.5) is 0 Å². The second-order valence-electron chi connectivity index (χ2n) is 3.98. The van der Waals surface area contributed by atoms with Gasteiger partial charge in [0.25, 0.3) is 0 Å². The van der Waals surface area contributed by atoms with E-state index < -0.39 is 0 Å². The third kappa shape index (κ3) is 3.74. The Morgan fingerprint density at radius 3 is 2.79 bits per heavy atom. The number of aromatic nitrogens is 1. The summed E-state index contributed by atoms with van der Waals surface area (Å²) in [6, 6.07) is -0.173. The minimum Gasteiger partial charge on any atom is -0.395 e. The van der Waals surface area contributed by atoms with Gasteiger partial charge in [0, 0.05) is 17.8 Å². The van der Waals surface area contributed by atoms with Crippen molar-refractivity contribution in [1.29, 1.82) is 0 Å². The van der Waals surface area contributed by atoms with Crippen LogP contribution in [0.15, 0.2) is 5.38 Å². The van der Waals surface area contributed by atoms with Crippen LogP contribution in [0.1, 0.15) is 24.5 Å². The van der Waals surface area contributed by atoms with Crippen molar-refractivity contribution in [3.8, 4) is 0 Å². The summed E-state index contributed by atoms with van der Waals surface area (Å²) < 4.78 is 0. The number of aliphatic hydroxyl groups is 1. The summed E-state index contributed by atoms with van der Waals surface area (Å²) in [7, 11) is 0. The highest BCUT2D eigenvalue weighted by Gasteiger charge is 2.07.